The van der Waals surface area contributed by atoms with Crippen LogP contribution in [0.3, 0.4) is 0 Å². The van der Waals surface area contributed by atoms with Crippen molar-refractivity contribution in [1.82, 2.24) is 19.9 Å². The number of hydrogen-bond donors (Lipinski definition) is 1. The summed E-state index contributed by atoms with van der Waals surface area (Å²) < 4.78 is 5.34. The van der Waals surface area contributed by atoms with Crippen LogP contribution in [0.1, 0.15) is 18.2 Å². The van der Waals surface area contributed by atoms with Gasteiger partial charge in [0.15, 0.2) is 0 Å². The molecule has 0 aliphatic rings. The van der Waals surface area contributed by atoms with Crippen molar-refractivity contribution < 1.29 is 4.74 Å². The molecule has 0 aromatic carbocycles. The number of nitrogens with one attached hydrogen (secondary N) is 1. The summed E-state index contributed by atoms with van der Waals surface area (Å²) in [6.45, 7) is 6.41. The number of pyridine rings is 1. The SMILES string of the molecule is CCOc1nc(NC)nc(Sc2cc(C)cc(C)n2)n1. The van der Waals surface area contributed by atoms with Crippen LogP contribution in [0.25, 0.3) is 0 Å². The largest absolute Gasteiger partial charge is 0.464 e. The number of nitrogens with zero attached hydrogens (tertiary/aromatic N) is 4. The zero-order valence-corrected chi connectivity index (χ0v) is 12.8. The van der Waals surface area contributed by atoms with Gasteiger partial charge < -0.3 is 10.1 Å². The lowest BCUT2D eigenvalue weighted by Gasteiger charge is -2.07. The van der Waals surface area contributed by atoms with Gasteiger partial charge in [0, 0.05) is 12.7 Å². The summed E-state index contributed by atoms with van der Waals surface area (Å²) in [4.78, 5) is 17.2. The van der Waals surface area contributed by atoms with E-state index in [-0.39, 0.29) is 0 Å². The molecule has 2 rings (SSSR count). The molecule has 0 fully saturated rings. The maximum absolute atomic E-state index is 5.34. The van der Waals surface area contributed by atoms with E-state index in [4.69, 9.17) is 4.74 Å². The standard InChI is InChI=1S/C13H17N5OS/c1-5-19-12-16-11(14-4)17-13(18-12)20-10-7-8(2)6-9(3)15-10/h6-7H,5H2,1-4H3,(H,14,16,17,18). The second kappa shape index (κ2) is 6.51. The van der Waals surface area contributed by atoms with Gasteiger partial charge in [-0.25, -0.2) is 4.98 Å². The van der Waals surface area contributed by atoms with Crippen molar-refractivity contribution in [2.24, 2.45) is 0 Å². The Hall–Kier alpha value is -1.89. The second-order valence-corrected chi connectivity index (χ2v) is 5.12. The molecule has 106 valence electrons. The minimum absolute atomic E-state index is 0.318. The van der Waals surface area contributed by atoms with Gasteiger partial charge in [-0.3, -0.25) is 0 Å². The van der Waals surface area contributed by atoms with Crippen molar-refractivity contribution in [3.8, 4) is 6.01 Å². The molecule has 0 saturated heterocycles. The van der Waals surface area contributed by atoms with Crippen molar-refractivity contribution in [3.63, 3.8) is 0 Å². The van der Waals surface area contributed by atoms with Crippen LogP contribution in [0, 0.1) is 13.8 Å². The topological polar surface area (TPSA) is 72.8 Å². The van der Waals surface area contributed by atoms with E-state index in [0.29, 0.717) is 23.7 Å². The van der Waals surface area contributed by atoms with E-state index in [9.17, 15) is 0 Å². The zero-order valence-electron chi connectivity index (χ0n) is 12.0. The van der Waals surface area contributed by atoms with Crippen molar-refractivity contribution in [3.05, 3.63) is 23.4 Å². The molecule has 6 nitrogen and oxygen atoms in total. The van der Waals surface area contributed by atoms with E-state index in [2.05, 4.69) is 25.3 Å². The van der Waals surface area contributed by atoms with E-state index >= 15 is 0 Å². The second-order valence-electron chi connectivity index (χ2n) is 4.13. The predicted octanol–water partition coefficient (Wildman–Crippen LogP) is 2.48. The fraction of sp³-hybridized carbons (Fsp3) is 0.385. The first-order chi connectivity index (χ1) is 9.60. The van der Waals surface area contributed by atoms with Crippen LogP contribution in [0.5, 0.6) is 6.01 Å². The number of rotatable bonds is 5. The van der Waals surface area contributed by atoms with Crippen LogP contribution >= 0.6 is 11.8 Å². The molecule has 0 bridgehead atoms. The first kappa shape index (κ1) is 14.5. The molecule has 0 radical (unpaired) electrons. The van der Waals surface area contributed by atoms with E-state index in [1.807, 2.05) is 32.9 Å². The van der Waals surface area contributed by atoms with Gasteiger partial charge in [0.25, 0.3) is 0 Å². The monoisotopic (exact) mass is 291 g/mol. The van der Waals surface area contributed by atoms with Gasteiger partial charge in [-0.1, -0.05) is 0 Å². The van der Waals surface area contributed by atoms with E-state index in [1.54, 1.807) is 7.05 Å². The fourth-order valence-corrected chi connectivity index (χ4v) is 2.52. The molecule has 0 atom stereocenters. The molecule has 2 aromatic heterocycles. The van der Waals surface area contributed by atoms with Gasteiger partial charge >= 0.3 is 6.01 Å². The third kappa shape index (κ3) is 3.80. The highest BCUT2D eigenvalue weighted by Crippen LogP contribution is 2.25. The molecule has 20 heavy (non-hydrogen) atoms. The molecular weight excluding hydrogens is 274 g/mol. The Bertz CT molecular complexity index is 585. The maximum Gasteiger partial charge on any atom is 0.322 e. The lowest BCUT2D eigenvalue weighted by atomic mass is 10.3. The van der Waals surface area contributed by atoms with Gasteiger partial charge in [-0.05, 0) is 50.2 Å². The van der Waals surface area contributed by atoms with Crippen LogP contribution in [0.2, 0.25) is 0 Å². The van der Waals surface area contributed by atoms with Gasteiger partial charge in [-0.15, -0.1) is 0 Å². The molecule has 0 amide bonds. The summed E-state index contributed by atoms with van der Waals surface area (Å²) in [5.74, 6) is 0.482. The first-order valence-electron chi connectivity index (χ1n) is 6.30. The smallest absolute Gasteiger partial charge is 0.322 e. The Morgan fingerprint density at radius 3 is 2.60 bits per heavy atom. The molecule has 0 spiro atoms. The van der Waals surface area contributed by atoms with Crippen LogP contribution in [0.4, 0.5) is 5.95 Å². The summed E-state index contributed by atoms with van der Waals surface area (Å²) >= 11 is 1.39. The zero-order chi connectivity index (χ0) is 14.5. The number of aryl methyl sites for hydroxylation is 2. The van der Waals surface area contributed by atoms with Crippen molar-refractivity contribution in [2.45, 2.75) is 31.0 Å². The van der Waals surface area contributed by atoms with Gasteiger partial charge in [0.05, 0.1) is 6.61 Å². The van der Waals surface area contributed by atoms with Crippen LogP contribution in [-0.2, 0) is 0 Å². The summed E-state index contributed by atoms with van der Waals surface area (Å²) in [5.41, 5.74) is 2.13. The number of ether oxygens (including phenoxy) is 1. The molecule has 0 aliphatic carbocycles. The Morgan fingerprint density at radius 1 is 1.15 bits per heavy atom. The summed E-state index contributed by atoms with van der Waals surface area (Å²) in [7, 11) is 1.76. The third-order valence-electron chi connectivity index (χ3n) is 2.36. The Labute approximate surface area is 122 Å². The minimum Gasteiger partial charge on any atom is -0.464 e. The van der Waals surface area contributed by atoms with Crippen LogP contribution < -0.4 is 10.1 Å². The molecule has 2 aromatic rings. The quantitative estimate of drug-likeness (QED) is 0.907. The average molecular weight is 291 g/mol. The Kier molecular flexibility index (Phi) is 4.73. The van der Waals surface area contributed by atoms with Crippen LogP contribution in [0.15, 0.2) is 22.3 Å². The fourth-order valence-electron chi connectivity index (χ4n) is 1.64. The average Bonchev–Trinajstić information content (AvgIpc) is 2.37. The predicted molar refractivity (Wildman–Crippen MR) is 78.4 cm³/mol. The van der Waals surface area contributed by atoms with Gasteiger partial charge in [0.2, 0.25) is 11.1 Å². The maximum atomic E-state index is 5.34. The highest BCUT2D eigenvalue weighted by Gasteiger charge is 2.09. The first-order valence-corrected chi connectivity index (χ1v) is 7.12. The van der Waals surface area contributed by atoms with Crippen molar-refractivity contribution in [1.29, 1.82) is 0 Å². The molecule has 1 N–H and O–H groups in total. The number of aromatic nitrogens is 4. The summed E-state index contributed by atoms with van der Waals surface area (Å²) in [6, 6.07) is 4.35. The Balaban J connectivity index is 2.29. The highest BCUT2D eigenvalue weighted by molar-refractivity contribution is 7.99. The van der Waals surface area contributed by atoms with E-state index < -0.39 is 0 Å². The molecule has 7 heteroatoms. The van der Waals surface area contributed by atoms with Gasteiger partial charge in [-0.2, -0.15) is 15.0 Å². The van der Waals surface area contributed by atoms with E-state index in [0.717, 1.165) is 16.3 Å². The highest BCUT2D eigenvalue weighted by atomic mass is 32.2. The summed E-state index contributed by atoms with van der Waals surface area (Å²) in [5, 5.41) is 4.32. The molecule has 0 saturated carbocycles. The Morgan fingerprint density at radius 2 is 1.95 bits per heavy atom. The lowest BCUT2D eigenvalue weighted by Crippen LogP contribution is -2.04. The van der Waals surface area contributed by atoms with Gasteiger partial charge in [0.1, 0.15) is 5.03 Å². The molecule has 2 heterocycles. The van der Waals surface area contributed by atoms with Crippen molar-refractivity contribution in [2.75, 3.05) is 19.0 Å². The molecular formula is C13H17N5OS. The normalized spacial score (nSPS) is 10.4. The lowest BCUT2D eigenvalue weighted by molar-refractivity contribution is 0.308. The summed E-state index contributed by atoms with van der Waals surface area (Å²) in [6.07, 6.45) is 0. The number of hydrogen-bond acceptors (Lipinski definition) is 7. The third-order valence-corrected chi connectivity index (χ3v) is 3.14. The van der Waals surface area contributed by atoms with Crippen LogP contribution in [-0.4, -0.2) is 33.6 Å². The van der Waals surface area contributed by atoms with Crippen molar-refractivity contribution >= 4 is 17.7 Å². The number of anilines is 1. The minimum atomic E-state index is 0.318. The molecule has 0 aliphatic heterocycles. The van der Waals surface area contributed by atoms with E-state index in [1.165, 1.54) is 11.8 Å². The molecule has 0 unspecified atom stereocenters.